The predicted octanol–water partition coefficient (Wildman–Crippen LogP) is 2.00. The molecule has 0 saturated carbocycles. The third-order valence-corrected chi connectivity index (χ3v) is 4.82. The first-order chi connectivity index (χ1) is 12.6. The summed E-state index contributed by atoms with van der Waals surface area (Å²) in [7, 11) is 0. The maximum Gasteiger partial charge on any atom is 0.316 e. The van der Waals surface area contributed by atoms with Crippen LogP contribution in [0.4, 0.5) is 4.39 Å². The van der Waals surface area contributed by atoms with E-state index in [0.29, 0.717) is 37.7 Å². The number of hydrogen-bond donors (Lipinski definition) is 0. The van der Waals surface area contributed by atoms with Crippen LogP contribution in [-0.4, -0.2) is 52.2 Å². The van der Waals surface area contributed by atoms with Gasteiger partial charge in [0, 0.05) is 25.2 Å². The average molecular weight is 357 g/mol. The summed E-state index contributed by atoms with van der Waals surface area (Å²) in [6.45, 7) is 1.66. The van der Waals surface area contributed by atoms with Crippen LogP contribution >= 0.6 is 0 Å². The summed E-state index contributed by atoms with van der Waals surface area (Å²) in [6.07, 6.45) is 4.95. The van der Waals surface area contributed by atoms with E-state index in [1.165, 1.54) is 12.1 Å². The first kappa shape index (κ1) is 16.9. The molecular weight excluding hydrogens is 337 g/mol. The minimum atomic E-state index is -0.352. The molecule has 0 bridgehead atoms. The lowest BCUT2D eigenvalue weighted by Gasteiger charge is -2.52. The van der Waals surface area contributed by atoms with E-state index in [0.717, 1.165) is 6.42 Å². The van der Waals surface area contributed by atoms with Crippen LogP contribution in [0.3, 0.4) is 0 Å². The van der Waals surface area contributed by atoms with Gasteiger partial charge in [-0.3, -0.25) is 4.79 Å². The lowest BCUT2D eigenvalue weighted by molar-refractivity contribution is -0.193. The highest BCUT2D eigenvalue weighted by molar-refractivity contribution is 5.80. The molecule has 2 aliphatic heterocycles. The number of benzene rings is 1. The van der Waals surface area contributed by atoms with Crippen molar-refractivity contribution in [2.24, 2.45) is 0 Å². The number of carbonyl (C=O) groups excluding carboxylic acids is 1. The van der Waals surface area contributed by atoms with Gasteiger partial charge in [-0.15, -0.1) is 0 Å². The van der Waals surface area contributed by atoms with Gasteiger partial charge in [0.1, 0.15) is 17.5 Å². The second-order valence-electron chi connectivity index (χ2n) is 6.85. The van der Waals surface area contributed by atoms with Crippen molar-refractivity contribution in [2.45, 2.75) is 31.0 Å². The molecule has 6 nitrogen and oxygen atoms in total. The Bertz CT molecular complexity index is 781. The molecule has 2 aliphatic rings. The Balaban J connectivity index is 1.31. The Morgan fingerprint density at radius 3 is 2.88 bits per heavy atom. The molecule has 1 spiro atoms. The molecule has 4 rings (SSSR count). The standard InChI is InChI=1S/C19H20FN3O3/c20-15-4-1-3-14(9-15)10-17(24)23-12-19(13-23)11-16(5-8-25-19)26-18-21-6-2-7-22-18/h1-4,6-7,9,16H,5,8,10-13H2. The number of ether oxygens (including phenoxy) is 2. The zero-order chi connectivity index (χ0) is 18.0. The van der Waals surface area contributed by atoms with Crippen LogP contribution in [0.1, 0.15) is 18.4 Å². The molecule has 0 radical (unpaired) electrons. The third kappa shape index (κ3) is 3.67. The van der Waals surface area contributed by atoms with Gasteiger partial charge in [0.05, 0.1) is 26.1 Å². The van der Waals surface area contributed by atoms with Gasteiger partial charge >= 0.3 is 6.01 Å². The molecule has 1 aromatic heterocycles. The normalized spacial score (nSPS) is 21.3. The van der Waals surface area contributed by atoms with Crippen molar-refractivity contribution >= 4 is 5.91 Å². The van der Waals surface area contributed by atoms with Crippen molar-refractivity contribution in [1.82, 2.24) is 14.9 Å². The first-order valence-corrected chi connectivity index (χ1v) is 8.72. The number of hydrogen-bond acceptors (Lipinski definition) is 5. The Kier molecular flexibility index (Phi) is 4.55. The lowest BCUT2D eigenvalue weighted by atomic mass is 9.84. The molecule has 0 N–H and O–H groups in total. The minimum Gasteiger partial charge on any atom is -0.460 e. The highest BCUT2D eigenvalue weighted by atomic mass is 19.1. The van der Waals surface area contributed by atoms with Crippen LogP contribution in [0.15, 0.2) is 42.7 Å². The maximum absolute atomic E-state index is 13.3. The van der Waals surface area contributed by atoms with Crippen LogP contribution in [0, 0.1) is 5.82 Å². The van der Waals surface area contributed by atoms with E-state index in [1.807, 2.05) is 0 Å². The molecule has 2 fully saturated rings. The van der Waals surface area contributed by atoms with Gasteiger partial charge in [0.25, 0.3) is 0 Å². The van der Waals surface area contributed by atoms with E-state index in [1.54, 1.807) is 35.5 Å². The molecule has 26 heavy (non-hydrogen) atoms. The molecule has 136 valence electrons. The Morgan fingerprint density at radius 2 is 2.12 bits per heavy atom. The number of likely N-dealkylation sites (tertiary alicyclic amines) is 1. The summed E-state index contributed by atoms with van der Waals surface area (Å²) in [4.78, 5) is 22.3. The molecule has 1 atom stereocenters. The zero-order valence-electron chi connectivity index (χ0n) is 14.3. The van der Waals surface area contributed by atoms with Crippen molar-refractivity contribution in [3.8, 4) is 6.01 Å². The summed E-state index contributed by atoms with van der Waals surface area (Å²) in [6, 6.07) is 8.26. The predicted molar refractivity (Wildman–Crippen MR) is 91.0 cm³/mol. The maximum atomic E-state index is 13.3. The SMILES string of the molecule is O=C(Cc1cccc(F)c1)N1CC2(CC(Oc3ncccn3)CCO2)C1. The van der Waals surface area contributed by atoms with Crippen molar-refractivity contribution < 1.29 is 18.7 Å². The minimum absolute atomic E-state index is 0.0146. The highest BCUT2D eigenvalue weighted by Crippen LogP contribution is 2.35. The van der Waals surface area contributed by atoms with Gasteiger partial charge in [-0.25, -0.2) is 14.4 Å². The molecule has 3 heterocycles. The Hall–Kier alpha value is -2.54. The fraction of sp³-hybridized carbons (Fsp3) is 0.421. The average Bonchev–Trinajstić information content (AvgIpc) is 2.60. The fourth-order valence-electron chi connectivity index (χ4n) is 3.56. The molecular formula is C19H20FN3O3. The monoisotopic (exact) mass is 357 g/mol. The molecule has 2 aromatic rings. The largest absolute Gasteiger partial charge is 0.460 e. The van der Waals surface area contributed by atoms with E-state index in [9.17, 15) is 9.18 Å². The fourth-order valence-corrected chi connectivity index (χ4v) is 3.56. The number of amides is 1. The van der Waals surface area contributed by atoms with Gasteiger partial charge in [0.15, 0.2) is 0 Å². The van der Waals surface area contributed by atoms with Crippen molar-refractivity contribution in [3.63, 3.8) is 0 Å². The van der Waals surface area contributed by atoms with Gasteiger partial charge < -0.3 is 14.4 Å². The van der Waals surface area contributed by atoms with Gasteiger partial charge in [-0.1, -0.05) is 12.1 Å². The second-order valence-corrected chi connectivity index (χ2v) is 6.85. The third-order valence-electron chi connectivity index (χ3n) is 4.82. The topological polar surface area (TPSA) is 64.6 Å². The van der Waals surface area contributed by atoms with Crippen molar-refractivity contribution in [1.29, 1.82) is 0 Å². The lowest BCUT2D eigenvalue weighted by Crippen LogP contribution is -2.67. The summed E-state index contributed by atoms with van der Waals surface area (Å²) in [5.74, 6) is -0.339. The summed E-state index contributed by atoms with van der Waals surface area (Å²) in [5.41, 5.74) is 0.331. The Morgan fingerprint density at radius 1 is 1.31 bits per heavy atom. The molecule has 2 saturated heterocycles. The smallest absolute Gasteiger partial charge is 0.316 e. The number of rotatable bonds is 4. The number of nitrogens with zero attached hydrogens (tertiary/aromatic N) is 3. The summed E-state index contributed by atoms with van der Waals surface area (Å²) >= 11 is 0. The van der Waals surface area contributed by atoms with Crippen LogP contribution < -0.4 is 4.74 Å². The quantitative estimate of drug-likeness (QED) is 0.837. The van der Waals surface area contributed by atoms with Crippen LogP contribution in [0.25, 0.3) is 0 Å². The van der Waals surface area contributed by atoms with E-state index in [4.69, 9.17) is 9.47 Å². The number of halogens is 1. The van der Waals surface area contributed by atoms with E-state index < -0.39 is 0 Å². The van der Waals surface area contributed by atoms with E-state index >= 15 is 0 Å². The highest BCUT2D eigenvalue weighted by Gasteiger charge is 2.49. The van der Waals surface area contributed by atoms with Crippen molar-refractivity contribution in [3.05, 3.63) is 54.1 Å². The molecule has 7 heteroatoms. The van der Waals surface area contributed by atoms with Crippen molar-refractivity contribution in [2.75, 3.05) is 19.7 Å². The molecule has 1 aromatic carbocycles. The number of carbonyl (C=O) groups is 1. The van der Waals surface area contributed by atoms with Gasteiger partial charge in [0.2, 0.25) is 5.91 Å². The first-order valence-electron chi connectivity index (χ1n) is 8.72. The molecule has 1 unspecified atom stereocenters. The summed E-state index contributed by atoms with van der Waals surface area (Å²) < 4.78 is 25.0. The molecule has 0 aliphatic carbocycles. The van der Waals surface area contributed by atoms with Crippen LogP contribution in [-0.2, 0) is 16.0 Å². The van der Waals surface area contributed by atoms with Crippen LogP contribution in [0.2, 0.25) is 0 Å². The summed E-state index contributed by atoms with van der Waals surface area (Å²) in [5, 5.41) is 0. The van der Waals surface area contributed by atoms with Gasteiger partial charge in [-0.2, -0.15) is 0 Å². The molecule has 1 amide bonds. The Labute approximate surface area is 151 Å². The van der Waals surface area contributed by atoms with Crippen LogP contribution in [0.5, 0.6) is 6.01 Å². The van der Waals surface area contributed by atoms with E-state index in [-0.39, 0.29) is 29.9 Å². The zero-order valence-corrected chi connectivity index (χ0v) is 14.3. The number of aromatic nitrogens is 2. The van der Waals surface area contributed by atoms with Gasteiger partial charge in [-0.05, 0) is 23.8 Å². The van der Waals surface area contributed by atoms with E-state index in [2.05, 4.69) is 9.97 Å². The second kappa shape index (κ2) is 6.99.